The largest absolute Gasteiger partial charge is 0.334 e. The molecule has 3 aromatic rings. The molecule has 0 aliphatic carbocycles. The van der Waals surface area contributed by atoms with E-state index in [0.717, 1.165) is 37.2 Å². The fourth-order valence-electron chi connectivity index (χ4n) is 3.70. The number of amides is 2. The van der Waals surface area contributed by atoms with Crippen LogP contribution in [0.2, 0.25) is 5.02 Å². The summed E-state index contributed by atoms with van der Waals surface area (Å²) in [5, 5.41) is 6.18. The van der Waals surface area contributed by atoms with E-state index in [9.17, 15) is 13.2 Å². The molecule has 0 fully saturated rings. The molecule has 2 amide bonds. The molecule has 0 heterocycles. The summed E-state index contributed by atoms with van der Waals surface area (Å²) in [5.41, 5.74) is 3.67. The van der Waals surface area contributed by atoms with Gasteiger partial charge in [0.25, 0.3) is 0 Å². The maximum atomic E-state index is 12.4. The molecular weight excluding hydrogens is 482 g/mol. The first kappa shape index (κ1) is 26.7. The summed E-state index contributed by atoms with van der Waals surface area (Å²) in [4.78, 5) is 15.0. The van der Waals surface area contributed by atoms with Crippen LogP contribution >= 0.6 is 11.6 Å². The van der Waals surface area contributed by atoms with Crippen LogP contribution in [0.4, 0.5) is 10.5 Å². The van der Waals surface area contributed by atoms with Gasteiger partial charge in [-0.15, -0.1) is 0 Å². The Hall–Kier alpha value is -2.87. The number of nitrogens with zero attached hydrogens (tertiary/aromatic N) is 1. The lowest BCUT2D eigenvalue weighted by Gasteiger charge is -2.22. The van der Waals surface area contributed by atoms with E-state index in [1.807, 2.05) is 30.3 Å². The zero-order valence-electron chi connectivity index (χ0n) is 20.1. The van der Waals surface area contributed by atoms with E-state index in [1.54, 1.807) is 37.3 Å². The van der Waals surface area contributed by atoms with Gasteiger partial charge in [-0.2, -0.15) is 0 Å². The van der Waals surface area contributed by atoms with Crippen molar-refractivity contribution in [3.05, 3.63) is 94.5 Å². The van der Waals surface area contributed by atoms with Gasteiger partial charge in [-0.1, -0.05) is 74.0 Å². The van der Waals surface area contributed by atoms with Crippen molar-refractivity contribution in [2.75, 3.05) is 17.6 Å². The van der Waals surface area contributed by atoms with E-state index in [4.69, 9.17) is 11.6 Å². The van der Waals surface area contributed by atoms with E-state index >= 15 is 0 Å². The number of sulfone groups is 1. The molecule has 6 nitrogen and oxygen atoms in total. The molecule has 3 aromatic carbocycles. The van der Waals surface area contributed by atoms with E-state index in [1.165, 1.54) is 5.56 Å². The van der Waals surface area contributed by atoms with Crippen molar-refractivity contribution in [2.45, 2.75) is 44.8 Å². The highest BCUT2D eigenvalue weighted by Crippen LogP contribution is 2.23. The maximum Gasteiger partial charge on any atom is 0.319 e. The molecule has 0 radical (unpaired) electrons. The number of hydrogen-bond donors (Lipinski definition) is 2. The summed E-state index contributed by atoms with van der Waals surface area (Å²) in [6, 6.07) is 22.1. The third-order valence-corrected chi connectivity index (χ3v) is 7.71. The van der Waals surface area contributed by atoms with Gasteiger partial charge in [-0.25, -0.2) is 13.2 Å². The van der Waals surface area contributed by atoms with Crippen LogP contribution in [-0.4, -0.2) is 31.6 Å². The number of carbonyl (C=O) groups is 1. The summed E-state index contributed by atoms with van der Waals surface area (Å²) in [6.45, 7) is 6.57. The molecule has 0 saturated heterocycles. The number of hydrogen-bond acceptors (Lipinski definition) is 4. The van der Waals surface area contributed by atoms with Gasteiger partial charge in [-0.3, -0.25) is 4.90 Å². The molecule has 8 heteroatoms. The standard InChI is InChI=1S/C27H32ClN3O3S/c1-3-16-31(19-22-8-6-5-7-9-22)20-23-12-13-24(17-26(23)28)30-27(32)29-18-21-10-14-25(15-11-21)35(33,34)4-2/h5-15,17H,3-4,16,18-20H2,1-2H3,(H2,29,30,32). The molecule has 0 spiro atoms. The van der Waals surface area contributed by atoms with Crippen molar-refractivity contribution < 1.29 is 13.2 Å². The van der Waals surface area contributed by atoms with Gasteiger partial charge in [0, 0.05) is 30.3 Å². The number of rotatable bonds is 11. The smallest absolute Gasteiger partial charge is 0.319 e. The van der Waals surface area contributed by atoms with E-state index < -0.39 is 9.84 Å². The average Bonchev–Trinajstić information content (AvgIpc) is 2.85. The Kier molecular flexibility index (Phi) is 9.72. The van der Waals surface area contributed by atoms with Gasteiger partial charge in [0.15, 0.2) is 9.84 Å². The Labute approximate surface area is 213 Å². The van der Waals surface area contributed by atoms with Crippen LogP contribution in [0.25, 0.3) is 0 Å². The molecule has 0 aliphatic heterocycles. The summed E-state index contributed by atoms with van der Waals surface area (Å²) in [5.74, 6) is 0.0536. The summed E-state index contributed by atoms with van der Waals surface area (Å²) >= 11 is 6.55. The van der Waals surface area contributed by atoms with E-state index in [0.29, 0.717) is 10.7 Å². The Morgan fingerprint density at radius 1 is 0.914 bits per heavy atom. The second kappa shape index (κ2) is 12.7. The molecule has 3 rings (SSSR count). The van der Waals surface area contributed by atoms with Crippen LogP contribution in [0.3, 0.4) is 0 Å². The van der Waals surface area contributed by atoms with Gasteiger partial charge in [0.05, 0.1) is 10.6 Å². The summed E-state index contributed by atoms with van der Waals surface area (Å²) in [6.07, 6.45) is 1.04. The lowest BCUT2D eigenvalue weighted by molar-refractivity contribution is 0.251. The zero-order valence-corrected chi connectivity index (χ0v) is 21.7. The van der Waals surface area contributed by atoms with Crippen molar-refractivity contribution in [3.8, 4) is 0 Å². The normalized spacial score (nSPS) is 11.4. The Bertz CT molecular complexity index is 1220. The van der Waals surface area contributed by atoms with E-state index in [-0.39, 0.29) is 23.2 Å². The predicted molar refractivity (Wildman–Crippen MR) is 142 cm³/mol. The lowest BCUT2D eigenvalue weighted by Crippen LogP contribution is -2.28. The second-order valence-corrected chi connectivity index (χ2v) is 11.0. The molecule has 186 valence electrons. The number of anilines is 1. The monoisotopic (exact) mass is 513 g/mol. The van der Waals surface area contributed by atoms with Gasteiger partial charge >= 0.3 is 6.03 Å². The number of nitrogens with one attached hydrogen (secondary N) is 2. The minimum absolute atomic E-state index is 0.0536. The minimum atomic E-state index is -3.24. The van der Waals surface area contributed by atoms with Crippen LogP contribution in [0, 0.1) is 0 Å². The Morgan fingerprint density at radius 3 is 2.26 bits per heavy atom. The number of benzene rings is 3. The molecule has 0 saturated carbocycles. The van der Waals surface area contributed by atoms with Crippen LogP contribution < -0.4 is 10.6 Å². The predicted octanol–water partition coefficient (Wildman–Crippen LogP) is 5.87. The molecule has 0 aromatic heterocycles. The first-order valence-electron chi connectivity index (χ1n) is 11.7. The van der Waals surface area contributed by atoms with Crippen LogP contribution in [-0.2, 0) is 29.5 Å². The van der Waals surface area contributed by atoms with Gasteiger partial charge in [-0.05, 0) is 53.9 Å². The highest BCUT2D eigenvalue weighted by molar-refractivity contribution is 7.91. The molecule has 0 unspecified atom stereocenters. The van der Waals surface area contributed by atoms with Gasteiger partial charge in [0.2, 0.25) is 0 Å². The van der Waals surface area contributed by atoms with Crippen molar-refractivity contribution in [3.63, 3.8) is 0 Å². The minimum Gasteiger partial charge on any atom is -0.334 e. The van der Waals surface area contributed by atoms with Crippen molar-refractivity contribution >= 4 is 33.2 Å². The average molecular weight is 514 g/mol. The third kappa shape index (κ3) is 8.09. The topological polar surface area (TPSA) is 78.5 Å². The fraction of sp³-hybridized carbons (Fsp3) is 0.296. The maximum absolute atomic E-state index is 12.4. The number of carbonyl (C=O) groups excluding carboxylic acids is 1. The van der Waals surface area contributed by atoms with Crippen molar-refractivity contribution in [2.24, 2.45) is 0 Å². The van der Waals surface area contributed by atoms with Crippen LogP contribution in [0.15, 0.2) is 77.7 Å². The first-order valence-corrected chi connectivity index (χ1v) is 13.7. The Balaban J connectivity index is 1.55. The highest BCUT2D eigenvalue weighted by Gasteiger charge is 2.12. The van der Waals surface area contributed by atoms with Crippen LogP contribution in [0.1, 0.15) is 37.0 Å². The molecule has 0 bridgehead atoms. The second-order valence-electron chi connectivity index (χ2n) is 8.36. The third-order valence-electron chi connectivity index (χ3n) is 5.61. The Morgan fingerprint density at radius 2 is 1.63 bits per heavy atom. The highest BCUT2D eigenvalue weighted by atomic mass is 35.5. The van der Waals surface area contributed by atoms with Gasteiger partial charge in [0.1, 0.15) is 0 Å². The summed E-state index contributed by atoms with van der Waals surface area (Å²) in [7, 11) is -3.24. The summed E-state index contributed by atoms with van der Waals surface area (Å²) < 4.78 is 23.8. The molecule has 2 N–H and O–H groups in total. The fourth-order valence-corrected chi connectivity index (χ4v) is 4.83. The zero-order chi connectivity index (χ0) is 25.3. The van der Waals surface area contributed by atoms with Gasteiger partial charge < -0.3 is 10.6 Å². The van der Waals surface area contributed by atoms with Crippen molar-refractivity contribution in [1.29, 1.82) is 0 Å². The van der Waals surface area contributed by atoms with E-state index in [2.05, 4.69) is 34.6 Å². The number of urea groups is 1. The molecule has 35 heavy (non-hydrogen) atoms. The lowest BCUT2D eigenvalue weighted by atomic mass is 10.1. The SMILES string of the molecule is CCCN(Cc1ccccc1)Cc1ccc(NC(=O)NCc2ccc(S(=O)(=O)CC)cc2)cc1Cl. The quantitative estimate of drug-likeness (QED) is 0.336. The molecule has 0 aliphatic rings. The first-order chi connectivity index (χ1) is 16.8. The number of halogens is 1. The van der Waals surface area contributed by atoms with Crippen LogP contribution in [0.5, 0.6) is 0 Å². The molecule has 0 atom stereocenters. The van der Waals surface area contributed by atoms with Crippen molar-refractivity contribution in [1.82, 2.24) is 10.2 Å². The molecular formula is C27H32ClN3O3S.